The van der Waals surface area contributed by atoms with Gasteiger partial charge in [0.05, 0.1) is 12.1 Å². The molecule has 28 heavy (non-hydrogen) atoms. The number of benzene rings is 3. The smallest absolute Gasteiger partial charge is 0.166 e. The maximum atomic E-state index is 13.5. The van der Waals surface area contributed by atoms with Crippen LogP contribution in [0.25, 0.3) is 6.08 Å². The van der Waals surface area contributed by atoms with Gasteiger partial charge in [-0.3, -0.25) is 4.79 Å². The molecule has 2 saturated heterocycles. The van der Waals surface area contributed by atoms with Crippen molar-refractivity contribution >= 4 is 17.5 Å². The van der Waals surface area contributed by atoms with Gasteiger partial charge in [-0.25, -0.2) is 0 Å². The van der Waals surface area contributed by atoms with Gasteiger partial charge in [0.2, 0.25) is 0 Å². The Labute approximate surface area is 166 Å². The number of fused-ring (bicyclic) bond motifs is 3. The number of para-hydroxylation sites is 1. The van der Waals surface area contributed by atoms with Gasteiger partial charge in [-0.1, -0.05) is 78.9 Å². The highest BCUT2D eigenvalue weighted by Crippen LogP contribution is 2.50. The Balaban J connectivity index is 1.64. The third kappa shape index (κ3) is 2.86. The van der Waals surface area contributed by atoms with E-state index in [1.54, 1.807) is 0 Å². The average molecular weight is 365 g/mol. The van der Waals surface area contributed by atoms with E-state index in [0.717, 1.165) is 24.0 Å². The van der Waals surface area contributed by atoms with E-state index in [9.17, 15) is 4.79 Å². The van der Waals surface area contributed by atoms with Crippen molar-refractivity contribution in [3.05, 3.63) is 108 Å². The lowest BCUT2D eigenvalue weighted by Gasteiger charge is -2.53. The standard InChI is InChI=1S/C26H23NO/c28-26-22-16-17-24(23(26)18-19-10-4-1-5-11-19)27(21-14-8-3-9-15-21)25(22)20-12-6-2-7-13-20/h1-15,18,22,24-25H,16-17H2/b23-18+/t22-,24-,25+/m1/s1. The number of carbonyl (C=O) groups is 1. The second-order valence-corrected chi connectivity index (χ2v) is 7.67. The van der Waals surface area contributed by atoms with Gasteiger partial charge in [-0.15, -0.1) is 0 Å². The fraction of sp³-hybridized carbons (Fsp3) is 0.192. The maximum absolute atomic E-state index is 13.5. The van der Waals surface area contributed by atoms with E-state index in [1.165, 1.54) is 11.3 Å². The highest BCUT2D eigenvalue weighted by molar-refractivity contribution is 6.05. The zero-order valence-electron chi connectivity index (χ0n) is 15.7. The zero-order valence-corrected chi connectivity index (χ0v) is 15.7. The summed E-state index contributed by atoms with van der Waals surface area (Å²) >= 11 is 0. The van der Waals surface area contributed by atoms with Gasteiger partial charge in [0.1, 0.15) is 0 Å². The molecule has 0 amide bonds. The Kier molecular flexibility index (Phi) is 4.32. The van der Waals surface area contributed by atoms with E-state index in [1.807, 2.05) is 24.3 Å². The molecule has 0 radical (unpaired) electrons. The minimum atomic E-state index is 0.00238. The number of ketones is 1. The first-order chi connectivity index (χ1) is 13.8. The Bertz CT molecular complexity index is 994. The Morgan fingerprint density at radius 1 is 0.750 bits per heavy atom. The van der Waals surface area contributed by atoms with Crippen LogP contribution in [0.4, 0.5) is 5.69 Å². The van der Waals surface area contributed by atoms with Crippen molar-refractivity contribution in [3.63, 3.8) is 0 Å². The summed E-state index contributed by atoms with van der Waals surface area (Å²) in [5, 5.41) is 0. The number of piperidine rings is 2. The molecule has 6 rings (SSSR count). The first-order valence-corrected chi connectivity index (χ1v) is 10.0. The van der Waals surface area contributed by atoms with Crippen LogP contribution in [0.15, 0.2) is 96.6 Å². The summed E-state index contributed by atoms with van der Waals surface area (Å²) in [6, 6.07) is 31.5. The molecular weight excluding hydrogens is 342 g/mol. The Hall–Kier alpha value is -3.13. The third-order valence-corrected chi connectivity index (χ3v) is 6.07. The second-order valence-electron chi connectivity index (χ2n) is 7.67. The van der Waals surface area contributed by atoms with Crippen LogP contribution in [0.2, 0.25) is 0 Å². The molecule has 3 aromatic carbocycles. The molecule has 0 aromatic heterocycles. The van der Waals surface area contributed by atoms with E-state index < -0.39 is 0 Å². The van der Waals surface area contributed by atoms with Crippen LogP contribution in [0.5, 0.6) is 0 Å². The van der Waals surface area contributed by atoms with Gasteiger partial charge in [0, 0.05) is 17.2 Å². The zero-order chi connectivity index (χ0) is 18.9. The van der Waals surface area contributed by atoms with E-state index in [0.29, 0.717) is 5.78 Å². The summed E-state index contributed by atoms with van der Waals surface area (Å²) in [6.45, 7) is 0. The number of rotatable bonds is 3. The van der Waals surface area contributed by atoms with Gasteiger partial charge < -0.3 is 4.90 Å². The van der Waals surface area contributed by atoms with E-state index in [-0.39, 0.29) is 18.0 Å². The predicted molar refractivity (Wildman–Crippen MR) is 114 cm³/mol. The van der Waals surface area contributed by atoms with Crippen LogP contribution < -0.4 is 4.90 Å². The Morgan fingerprint density at radius 3 is 2.04 bits per heavy atom. The predicted octanol–water partition coefficient (Wildman–Crippen LogP) is 5.68. The Morgan fingerprint density at radius 2 is 1.36 bits per heavy atom. The molecule has 3 aliphatic rings. The molecule has 2 bridgehead atoms. The molecule has 2 heteroatoms. The summed E-state index contributed by atoms with van der Waals surface area (Å²) in [4.78, 5) is 15.9. The molecule has 2 heterocycles. The molecule has 2 aliphatic heterocycles. The summed E-state index contributed by atoms with van der Waals surface area (Å²) in [6.07, 6.45) is 4.09. The van der Waals surface area contributed by atoms with E-state index in [4.69, 9.17) is 0 Å². The lowest BCUT2D eigenvalue weighted by Crippen LogP contribution is -2.56. The SMILES string of the molecule is O=C1/C(=C/c2ccccc2)[C@H]2CC[C@@H]1[C@H](c1ccccc1)N2c1ccccc1. The minimum absolute atomic E-state index is 0.00238. The van der Waals surface area contributed by atoms with Gasteiger partial charge in [-0.2, -0.15) is 0 Å². The van der Waals surface area contributed by atoms with Crippen LogP contribution in [0.3, 0.4) is 0 Å². The van der Waals surface area contributed by atoms with Crippen LogP contribution in [0, 0.1) is 5.92 Å². The quantitative estimate of drug-likeness (QED) is 0.557. The molecule has 3 aromatic rings. The van der Waals surface area contributed by atoms with Crippen molar-refractivity contribution < 1.29 is 4.79 Å². The number of anilines is 1. The van der Waals surface area contributed by atoms with Crippen LogP contribution in [-0.4, -0.2) is 11.8 Å². The van der Waals surface area contributed by atoms with Gasteiger partial charge >= 0.3 is 0 Å². The van der Waals surface area contributed by atoms with Crippen molar-refractivity contribution in [2.75, 3.05) is 4.90 Å². The van der Waals surface area contributed by atoms with Crippen molar-refractivity contribution in [3.8, 4) is 0 Å². The third-order valence-electron chi connectivity index (χ3n) is 6.07. The van der Waals surface area contributed by atoms with Crippen molar-refractivity contribution in [2.24, 2.45) is 5.92 Å². The molecule has 3 fully saturated rings. The molecule has 0 spiro atoms. The fourth-order valence-corrected chi connectivity index (χ4v) is 4.86. The molecule has 2 nitrogen and oxygen atoms in total. The normalized spacial score (nSPS) is 25.3. The highest BCUT2D eigenvalue weighted by atomic mass is 16.1. The molecule has 1 aliphatic carbocycles. The second kappa shape index (κ2) is 7.12. The average Bonchev–Trinajstić information content (AvgIpc) is 2.77. The molecule has 0 N–H and O–H groups in total. The number of nitrogens with zero attached hydrogens (tertiary/aromatic N) is 1. The molecule has 138 valence electrons. The number of hydrogen-bond acceptors (Lipinski definition) is 2. The molecule has 1 saturated carbocycles. The van der Waals surface area contributed by atoms with Crippen LogP contribution >= 0.6 is 0 Å². The lowest BCUT2D eigenvalue weighted by molar-refractivity contribution is -0.123. The summed E-state index contributed by atoms with van der Waals surface area (Å²) in [7, 11) is 0. The molecular formula is C26H23NO. The van der Waals surface area contributed by atoms with Crippen LogP contribution in [0.1, 0.15) is 30.0 Å². The lowest BCUT2D eigenvalue weighted by atomic mass is 9.68. The van der Waals surface area contributed by atoms with Gasteiger partial charge in [0.15, 0.2) is 5.78 Å². The van der Waals surface area contributed by atoms with Crippen molar-refractivity contribution in [1.82, 2.24) is 0 Å². The number of hydrogen-bond donors (Lipinski definition) is 0. The summed E-state index contributed by atoms with van der Waals surface area (Å²) in [5.74, 6) is 0.323. The topological polar surface area (TPSA) is 20.3 Å². The summed E-state index contributed by atoms with van der Waals surface area (Å²) < 4.78 is 0. The van der Waals surface area contributed by atoms with Crippen molar-refractivity contribution in [2.45, 2.75) is 24.9 Å². The van der Waals surface area contributed by atoms with Gasteiger partial charge in [-0.05, 0) is 42.2 Å². The summed E-state index contributed by atoms with van der Waals surface area (Å²) in [5.41, 5.74) is 4.48. The maximum Gasteiger partial charge on any atom is 0.166 e. The first-order valence-electron chi connectivity index (χ1n) is 10.0. The van der Waals surface area contributed by atoms with E-state index >= 15 is 0 Å². The molecule has 3 atom stereocenters. The number of carbonyl (C=O) groups excluding carboxylic acids is 1. The fourth-order valence-electron chi connectivity index (χ4n) is 4.86. The van der Waals surface area contributed by atoms with Crippen molar-refractivity contribution in [1.29, 1.82) is 0 Å². The minimum Gasteiger partial charge on any atom is -0.357 e. The largest absolute Gasteiger partial charge is 0.357 e. The van der Waals surface area contributed by atoms with Crippen LogP contribution in [-0.2, 0) is 4.79 Å². The number of Topliss-reactive ketones (excluding diaryl/α,β-unsaturated/α-hetero) is 1. The monoisotopic (exact) mass is 365 g/mol. The van der Waals surface area contributed by atoms with E-state index in [2.05, 4.69) is 77.7 Å². The first kappa shape index (κ1) is 17.0. The molecule has 0 unspecified atom stereocenters. The highest BCUT2D eigenvalue weighted by Gasteiger charge is 2.50. The van der Waals surface area contributed by atoms with Gasteiger partial charge in [0.25, 0.3) is 0 Å².